The highest BCUT2D eigenvalue weighted by molar-refractivity contribution is 5.94. The maximum absolute atomic E-state index is 11.9. The SMILES string of the molecule is COCCOc1cccc(C(=O)NCCC(C)N)c1. The van der Waals surface area contributed by atoms with Gasteiger partial charge < -0.3 is 20.5 Å². The van der Waals surface area contributed by atoms with E-state index in [1.165, 1.54) is 0 Å². The molecule has 19 heavy (non-hydrogen) atoms. The molecular weight excluding hydrogens is 244 g/mol. The van der Waals surface area contributed by atoms with Crippen LogP contribution in [0.4, 0.5) is 0 Å². The number of hydrogen-bond donors (Lipinski definition) is 2. The summed E-state index contributed by atoms with van der Waals surface area (Å²) >= 11 is 0. The Balaban J connectivity index is 2.48. The maximum Gasteiger partial charge on any atom is 0.251 e. The molecular formula is C14H22N2O3. The van der Waals surface area contributed by atoms with Gasteiger partial charge in [0.2, 0.25) is 0 Å². The Morgan fingerprint density at radius 3 is 2.89 bits per heavy atom. The highest BCUT2D eigenvalue weighted by Crippen LogP contribution is 2.13. The molecule has 1 aromatic carbocycles. The molecule has 0 aliphatic heterocycles. The fraction of sp³-hybridized carbons (Fsp3) is 0.500. The van der Waals surface area contributed by atoms with Crippen molar-refractivity contribution in [2.24, 2.45) is 5.73 Å². The minimum absolute atomic E-state index is 0.0870. The Kier molecular flexibility index (Phi) is 6.92. The molecule has 106 valence electrons. The van der Waals surface area contributed by atoms with Crippen LogP contribution in [0.1, 0.15) is 23.7 Å². The minimum atomic E-state index is -0.113. The summed E-state index contributed by atoms with van der Waals surface area (Å²) in [6.07, 6.45) is 0.760. The Bertz CT molecular complexity index is 394. The molecule has 0 aliphatic carbocycles. The molecule has 1 atom stereocenters. The first kappa shape index (κ1) is 15.5. The first-order valence-corrected chi connectivity index (χ1v) is 6.39. The summed E-state index contributed by atoms with van der Waals surface area (Å²) in [4.78, 5) is 11.9. The summed E-state index contributed by atoms with van der Waals surface area (Å²) in [6, 6.07) is 7.17. The predicted molar refractivity (Wildman–Crippen MR) is 74.4 cm³/mol. The third-order valence-corrected chi connectivity index (χ3v) is 2.54. The summed E-state index contributed by atoms with van der Waals surface area (Å²) in [5.41, 5.74) is 6.21. The normalized spacial score (nSPS) is 11.9. The van der Waals surface area contributed by atoms with Crippen molar-refractivity contribution in [2.45, 2.75) is 19.4 Å². The number of carbonyl (C=O) groups excluding carboxylic acids is 1. The largest absolute Gasteiger partial charge is 0.491 e. The number of nitrogens with two attached hydrogens (primary N) is 1. The molecule has 0 radical (unpaired) electrons. The van der Waals surface area contributed by atoms with Gasteiger partial charge in [0.15, 0.2) is 0 Å². The lowest BCUT2D eigenvalue weighted by Gasteiger charge is -2.09. The van der Waals surface area contributed by atoms with E-state index in [1.54, 1.807) is 25.3 Å². The van der Waals surface area contributed by atoms with E-state index < -0.39 is 0 Å². The smallest absolute Gasteiger partial charge is 0.251 e. The van der Waals surface area contributed by atoms with Gasteiger partial charge >= 0.3 is 0 Å². The molecule has 0 aliphatic rings. The van der Waals surface area contributed by atoms with Crippen molar-refractivity contribution in [1.29, 1.82) is 0 Å². The predicted octanol–water partition coefficient (Wildman–Crippen LogP) is 1.18. The second-order valence-electron chi connectivity index (χ2n) is 4.39. The number of carbonyl (C=O) groups is 1. The Morgan fingerprint density at radius 2 is 2.21 bits per heavy atom. The highest BCUT2D eigenvalue weighted by atomic mass is 16.5. The van der Waals surface area contributed by atoms with Crippen molar-refractivity contribution >= 4 is 5.91 Å². The zero-order chi connectivity index (χ0) is 14.1. The number of methoxy groups -OCH3 is 1. The van der Waals surface area contributed by atoms with Crippen LogP contribution < -0.4 is 15.8 Å². The van der Waals surface area contributed by atoms with Crippen LogP contribution in [0.2, 0.25) is 0 Å². The van der Waals surface area contributed by atoms with E-state index in [0.717, 1.165) is 6.42 Å². The topological polar surface area (TPSA) is 73.6 Å². The zero-order valence-corrected chi connectivity index (χ0v) is 11.5. The van der Waals surface area contributed by atoms with E-state index in [1.807, 2.05) is 13.0 Å². The van der Waals surface area contributed by atoms with Gasteiger partial charge in [0, 0.05) is 25.3 Å². The van der Waals surface area contributed by atoms with Gasteiger partial charge in [0.05, 0.1) is 6.61 Å². The van der Waals surface area contributed by atoms with Gasteiger partial charge in [-0.05, 0) is 31.5 Å². The molecule has 0 fully saturated rings. The Hall–Kier alpha value is -1.59. The van der Waals surface area contributed by atoms with Crippen LogP contribution >= 0.6 is 0 Å². The highest BCUT2D eigenvalue weighted by Gasteiger charge is 2.06. The molecule has 5 nitrogen and oxygen atoms in total. The van der Waals surface area contributed by atoms with Gasteiger partial charge in [-0.15, -0.1) is 0 Å². The van der Waals surface area contributed by atoms with Crippen LogP contribution in [-0.2, 0) is 4.74 Å². The van der Waals surface area contributed by atoms with Crippen molar-refractivity contribution in [3.63, 3.8) is 0 Å². The maximum atomic E-state index is 11.9. The van der Waals surface area contributed by atoms with Gasteiger partial charge in [-0.3, -0.25) is 4.79 Å². The number of benzene rings is 1. The Labute approximate surface area is 114 Å². The zero-order valence-electron chi connectivity index (χ0n) is 11.5. The number of amides is 1. The molecule has 0 spiro atoms. The van der Waals surface area contributed by atoms with Crippen LogP contribution in [0.25, 0.3) is 0 Å². The minimum Gasteiger partial charge on any atom is -0.491 e. The number of hydrogen-bond acceptors (Lipinski definition) is 4. The fourth-order valence-corrected chi connectivity index (χ4v) is 1.49. The standard InChI is InChI=1S/C14H22N2O3/c1-11(15)6-7-16-14(17)12-4-3-5-13(10-12)19-9-8-18-2/h3-5,10-11H,6-9,15H2,1-2H3,(H,16,17). The quantitative estimate of drug-likeness (QED) is 0.693. The number of nitrogens with one attached hydrogen (secondary N) is 1. The molecule has 3 N–H and O–H groups in total. The fourth-order valence-electron chi connectivity index (χ4n) is 1.49. The van der Waals surface area contributed by atoms with Crippen LogP contribution in [0, 0.1) is 0 Å². The molecule has 0 bridgehead atoms. The van der Waals surface area contributed by atoms with Crippen molar-refractivity contribution in [1.82, 2.24) is 5.32 Å². The molecule has 1 unspecified atom stereocenters. The second-order valence-corrected chi connectivity index (χ2v) is 4.39. The van der Waals surface area contributed by atoms with Crippen molar-refractivity contribution < 1.29 is 14.3 Å². The molecule has 0 heterocycles. The van der Waals surface area contributed by atoms with E-state index in [-0.39, 0.29) is 11.9 Å². The van der Waals surface area contributed by atoms with Crippen LogP contribution in [0.3, 0.4) is 0 Å². The molecule has 5 heteroatoms. The summed E-state index contributed by atoms with van der Waals surface area (Å²) in [5, 5.41) is 2.83. The van der Waals surface area contributed by atoms with Crippen LogP contribution in [0.5, 0.6) is 5.75 Å². The third kappa shape index (κ3) is 6.22. The summed E-state index contributed by atoms with van der Waals surface area (Å²) in [6.45, 7) is 3.47. The molecule has 1 rings (SSSR count). The second kappa shape index (κ2) is 8.50. The first-order chi connectivity index (χ1) is 9.13. The first-order valence-electron chi connectivity index (χ1n) is 6.39. The lowest BCUT2D eigenvalue weighted by molar-refractivity contribution is 0.0952. The summed E-state index contributed by atoms with van der Waals surface area (Å²) in [5.74, 6) is 0.551. The van der Waals surface area contributed by atoms with Crippen LogP contribution in [-0.4, -0.2) is 38.8 Å². The van der Waals surface area contributed by atoms with E-state index in [2.05, 4.69) is 5.32 Å². The van der Waals surface area contributed by atoms with Crippen molar-refractivity contribution in [3.8, 4) is 5.75 Å². The average molecular weight is 266 g/mol. The third-order valence-electron chi connectivity index (χ3n) is 2.54. The van der Waals surface area contributed by atoms with E-state index in [0.29, 0.717) is 31.1 Å². The molecule has 0 saturated carbocycles. The Morgan fingerprint density at radius 1 is 1.42 bits per heavy atom. The van der Waals surface area contributed by atoms with Crippen LogP contribution in [0.15, 0.2) is 24.3 Å². The van der Waals surface area contributed by atoms with E-state index in [9.17, 15) is 4.79 Å². The van der Waals surface area contributed by atoms with E-state index >= 15 is 0 Å². The molecule has 1 aromatic rings. The van der Waals surface area contributed by atoms with Crippen molar-refractivity contribution in [3.05, 3.63) is 29.8 Å². The van der Waals surface area contributed by atoms with Gasteiger partial charge in [-0.25, -0.2) is 0 Å². The number of ether oxygens (including phenoxy) is 2. The molecule has 0 aromatic heterocycles. The summed E-state index contributed by atoms with van der Waals surface area (Å²) < 4.78 is 10.4. The van der Waals surface area contributed by atoms with Gasteiger partial charge in [-0.1, -0.05) is 6.07 Å². The van der Waals surface area contributed by atoms with Gasteiger partial charge in [0.1, 0.15) is 12.4 Å². The lowest BCUT2D eigenvalue weighted by Crippen LogP contribution is -2.28. The van der Waals surface area contributed by atoms with E-state index in [4.69, 9.17) is 15.2 Å². The monoisotopic (exact) mass is 266 g/mol. The number of rotatable bonds is 8. The summed E-state index contributed by atoms with van der Waals surface area (Å²) in [7, 11) is 1.62. The average Bonchev–Trinajstić information content (AvgIpc) is 2.39. The molecule has 1 amide bonds. The lowest BCUT2D eigenvalue weighted by atomic mass is 10.2. The van der Waals surface area contributed by atoms with Crippen molar-refractivity contribution in [2.75, 3.05) is 26.9 Å². The van der Waals surface area contributed by atoms with Gasteiger partial charge in [0.25, 0.3) is 5.91 Å². The molecule has 0 saturated heterocycles. The van der Waals surface area contributed by atoms with Gasteiger partial charge in [-0.2, -0.15) is 0 Å².